The molecular weight excluding hydrogens is 405 g/mol. The molecule has 2 rings (SSSR count). The summed E-state index contributed by atoms with van der Waals surface area (Å²) in [6.07, 6.45) is -3.29. The average Bonchev–Trinajstić information content (AvgIpc) is 2.37. The Morgan fingerprint density at radius 2 is 1.89 bits per heavy atom. The highest BCUT2D eigenvalue weighted by Crippen LogP contribution is 2.48. The van der Waals surface area contributed by atoms with E-state index in [1.54, 1.807) is 12.1 Å². The van der Waals surface area contributed by atoms with Gasteiger partial charge in [0.05, 0.1) is 5.30 Å². The summed E-state index contributed by atoms with van der Waals surface area (Å²) in [7, 11) is -4.67. The van der Waals surface area contributed by atoms with Crippen molar-refractivity contribution in [3.05, 3.63) is 40.4 Å². The third-order valence-electron chi connectivity index (χ3n) is 2.73. The van der Waals surface area contributed by atoms with E-state index in [-0.39, 0.29) is 9.78 Å². The lowest BCUT2D eigenvalue weighted by molar-refractivity contribution is 0.217. The predicted molar refractivity (Wildman–Crippen MR) is 79.7 cm³/mol. The van der Waals surface area contributed by atoms with Crippen molar-refractivity contribution in [1.29, 1.82) is 0 Å². The summed E-state index contributed by atoms with van der Waals surface area (Å²) in [5.74, 6) is 0. The van der Waals surface area contributed by atoms with Crippen LogP contribution in [0, 0.1) is 0 Å². The molecule has 102 valence electrons. The van der Waals surface area contributed by atoms with Gasteiger partial charge >= 0.3 is 6.17 Å². The summed E-state index contributed by atoms with van der Waals surface area (Å²) in [4.78, 5) is 9.50. The number of rotatable bonds is 3. The summed E-state index contributed by atoms with van der Waals surface area (Å²) in [5.41, 5.74) is 0.964. The summed E-state index contributed by atoms with van der Waals surface area (Å²) >= 11 is 6.39. The van der Waals surface area contributed by atoms with E-state index in [2.05, 4.69) is 31.9 Å². The zero-order valence-electron chi connectivity index (χ0n) is 9.49. The Kier molecular flexibility index (Phi) is 4.45. The maximum Gasteiger partial charge on any atom is 0.316 e. The van der Waals surface area contributed by atoms with Crippen LogP contribution >= 0.6 is 39.2 Å². The van der Waals surface area contributed by atoms with Gasteiger partial charge in [0.25, 0.3) is 7.37 Å². The topological polar surface area (TPSA) is 37.3 Å². The third kappa shape index (κ3) is 2.92. The molecule has 0 aliphatic carbocycles. The third-order valence-corrected chi connectivity index (χ3v) is 5.93. The summed E-state index contributed by atoms with van der Waals surface area (Å²) in [5, 5.41) is 1.85. The fraction of sp³-hybridized carbons (Fsp3) is 0.167. The van der Waals surface area contributed by atoms with Gasteiger partial charge in [-0.1, -0.05) is 34.1 Å². The second-order valence-corrected chi connectivity index (χ2v) is 7.55. The first-order chi connectivity index (χ1) is 8.86. The molecule has 0 heterocycles. The molecule has 2 aromatic rings. The molecule has 2 aromatic carbocycles. The molecular formula is C12H9Br2F2O2P. The number of halogens is 4. The molecule has 0 amide bonds. The molecule has 0 aromatic heterocycles. The molecule has 0 saturated heterocycles. The van der Waals surface area contributed by atoms with Crippen LogP contribution in [0.1, 0.15) is 5.56 Å². The molecule has 2 nitrogen and oxygen atoms in total. The van der Waals surface area contributed by atoms with Crippen molar-refractivity contribution in [2.75, 3.05) is 0 Å². The predicted octanol–water partition coefficient (Wildman–Crippen LogP) is 4.62. The van der Waals surface area contributed by atoms with Crippen LogP contribution in [0.15, 0.2) is 34.8 Å². The average molecular weight is 414 g/mol. The van der Waals surface area contributed by atoms with Gasteiger partial charge < -0.3 is 4.89 Å². The van der Waals surface area contributed by atoms with Gasteiger partial charge in [0, 0.05) is 9.80 Å². The van der Waals surface area contributed by atoms with Crippen molar-refractivity contribution in [3.8, 4) is 0 Å². The maximum atomic E-state index is 12.7. The monoisotopic (exact) mass is 412 g/mol. The van der Waals surface area contributed by atoms with Crippen LogP contribution in [-0.2, 0) is 9.90 Å². The van der Waals surface area contributed by atoms with Crippen LogP contribution in [0.25, 0.3) is 10.8 Å². The van der Waals surface area contributed by atoms with Gasteiger partial charge in [0.2, 0.25) is 0 Å². The molecule has 0 aliphatic rings. The molecule has 7 heteroatoms. The van der Waals surface area contributed by atoms with Gasteiger partial charge in [-0.25, -0.2) is 0 Å². The molecule has 0 radical (unpaired) electrons. The van der Waals surface area contributed by atoms with Crippen LogP contribution in [0.2, 0.25) is 0 Å². The molecule has 1 atom stereocenters. The lowest BCUT2D eigenvalue weighted by atomic mass is 10.1. The van der Waals surface area contributed by atoms with E-state index in [4.69, 9.17) is 0 Å². The molecule has 0 saturated carbocycles. The number of hydrogen-bond acceptors (Lipinski definition) is 1. The second kappa shape index (κ2) is 5.60. The fourth-order valence-electron chi connectivity index (χ4n) is 1.74. The number of fused-ring (bicyclic) bond motifs is 1. The van der Waals surface area contributed by atoms with Gasteiger partial charge in [0.15, 0.2) is 0 Å². The lowest BCUT2D eigenvalue weighted by Crippen LogP contribution is -2.12. The Bertz CT molecular complexity index is 676. The Morgan fingerprint density at radius 3 is 2.47 bits per heavy atom. The fourth-order valence-corrected chi connectivity index (χ4v) is 4.12. The largest absolute Gasteiger partial charge is 0.337 e. The molecule has 1 unspecified atom stereocenters. The Hall–Kier alpha value is -0.290. The highest BCUT2D eigenvalue weighted by atomic mass is 79.9. The van der Waals surface area contributed by atoms with Crippen molar-refractivity contribution in [3.63, 3.8) is 0 Å². The first kappa shape index (κ1) is 15.1. The number of alkyl halides is 3. The van der Waals surface area contributed by atoms with E-state index in [1.165, 1.54) is 6.07 Å². The maximum absolute atomic E-state index is 12.7. The molecule has 0 bridgehead atoms. The van der Waals surface area contributed by atoms with Crippen molar-refractivity contribution in [1.82, 2.24) is 0 Å². The quantitative estimate of drug-likeness (QED) is 0.589. The van der Waals surface area contributed by atoms with E-state index in [9.17, 15) is 18.2 Å². The van der Waals surface area contributed by atoms with Crippen molar-refractivity contribution in [2.45, 2.75) is 11.5 Å². The molecule has 0 fully saturated rings. The Balaban J connectivity index is 2.69. The SMILES string of the molecule is O=P(O)(c1cc2cc(CBr)ccc2cc1Br)C(F)F. The lowest BCUT2D eigenvalue weighted by Gasteiger charge is -2.14. The van der Waals surface area contributed by atoms with Crippen LogP contribution < -0.4 is 5.30 Å². The van der Waals surface area contributed by atoms with E-state index in [0.29, 0.717) is 10.7 Å². The zero-order valence-corrected chi connectivity index (χ0v) is 13.6. The van der Waals surface area contributed by atoms with E-state index in [0.717, 1.165) is 10.9 Å². The van der Waals surface area contributed by atoms with Crippen LogP contribution in [0.4, 0.5) is 8.78 Å². The first-order valence-electron chi connectivity index (χ1n) is 5.25. The Labute approximate surface area is 125 Å². The van der Waals surface area contributed by atoms with E-state index in [1.807, 2.05) is 12.1 Å². The second-order valence-electron chi connectivity index (χ2n) is 4.02. The highest BCUT2D eigenvalue weighted by Gasteiger charge is 2.35. The summed E-state index contributed by atoms with van der Waals surface area (Å²) in [6.45, 7) is 0. The minimum absolute atomic E-state index is 0.220. The van der Waals surface area contributed by atoms with Crippen molar-refractivity contribution < 1.29 is 18.2 Å². The number of benzene rings is 2. The first-order valence-corrected chi connectivity index (χ1v) is 8.90. The van der Waals surface area contributed by atoms with Crippen molar-refractivity contribution >= 4 is 55.3 Å². The molecule has 19 heavy (non-hydrogen) atoms. The summed E-state index contributed by atoms with van der Waals surface area (Å²) in [6, 6.07) is 8.46. The van der Waals surface area contributed by atoms with Gasteiger partial charge in [-0.15, -0.1) is 0 Å². The van der Waals surface area contributed by atoms with Crippen LogP contribution in [0.5, 0.6) is 0 Å². The molecule has 1 N–H and O–H groups in total. The molecule has 0 aliphatic heterocycles. The van der Waals surface area contributed by atoms with Crippen LogP contribution in [0.3, 0.4) is 0 Å². The van der Waals surface area contributed by atoms with Gasteiger partial charge in [0.1, 0.15) is 0 Å². The van der Waals surface area contributed by atoms with E-state index < -0.39 is 13.5 Å². The van der Waals surface area contributed by atoms with Crippen LogP contribution in [-0.4, -0.2) is 11.1 Å². The van der Waals surface area contributed by atoms with Gasteiger partial charge in [-0.2, -0.15) is 8.78 Å². The highest BCUT2D eigenvalue weighted by molar-refractivity contribution is 9.10. The smallest absolute Gasteiger partial charge is 0.316 e. The van der Waals surface area contributed by atoms with Gasteiger partial charge in [-0.05, 0) is 44.4 Å². The van der Waals surface area contributed by atoms with Crippen molar-refractivity contribution in [2.24, 2.45) is 0 Å². The minimum atomic E-state index is -4.67. The normalized spacial score (nSPS) is 14.8. The Morgan fingerprint density at radius 1 is 1.21 bits per heavy atom. The zero-order chi connectivity index (χ0) is 14.2. The standard InChI is InChI=1S/C12H9Br2F2O2P/c13-6-7-1-2-8-4-10(14)11(5-9(8)3-7)19(17,18)12(15)16/h1-5,12H,6H2,(H,17,18). The van der Waals surface area contributed by atoms with Gasteiger partial charge in [-0.3, -0.25) is 4.57 Å². The summed E-state index contributed by atoms with van der Waals surface area (Å²) < 4.78 is 37.3. The molecule has 0 spiro atoms. The minimum Gasteiger partial charge on any atom is -0.337 e. The number of hydrogen-bond donors (Lipinski definition) is 1. The van der Waals surface area contributed by atoms with E-state index >= 15 is 0 Å².